The highest BCUT2D eigenvalue weighted by molar-refractivity contribution is 14.0. The summed E-state index contributed by atoms with van der Waals surface area (Å²) in [5.74, 6) is 0.957. The zero-order valence-electron chi connectivity index (χ0n) is 16.2. The molecule has 1 aliphatic heterocycles. The number of aliphatic imine (C=N–C) groups is 1. The van der Waals surface area contributed by atoms with E-state index in [4.69, 9.17) is 11.6 Å². The number of nitrogens with one attached hydrogen (secondary N) is 2. The number of carbonyl (C=O) groups excluding carboxylic acids is 1. The fourth-order valence-electron chi connectivity index (χ4n) is 2.89. The second-order valence-electron chi connectivity index (χ2n) is 6.29. The summed E-state index contributed by atoms with van der Waals surface area (Å²) in [5.41, 5.74) is 1.16. The van der Waals surface area contributed by atoms with Gasteiger partial charge in [-0.2, -0.15) is 0 Å². The number of hydrogen-bond donors (Lipinski definition) is 2. The Kier molecular flexibility index (Phi) is 11.5. The van der Waals surface area contributed by atoms with Gasteiger partial charge in [-0.05, 0) is 31.5 Å². The third-order valence-corrected chi connectivity index (χ3v) is 4.50. The average Bonchev–Trinajstić information content (AvgIpc) is 2.66. The van der Waals surface area contributed by atoms with E-state index in [9.17, 15) is 4.79 Å². The van der Waals surface area contributed by atoms with Crippen LogP contribution >= 0.6 is 35.6 Å². The normalized spacial score (nSPS) is 14.6. The minimum atomic E-state index is 0. The Morgan fingerprint density at radius 2 is 1.93 bits per heavy atom. The number of carbonyl (C=O) groups is 1. The number of piperazine rings is 1. The van der Waals surface area contributed by atoms with Crippen LogP contribution in [0.3, 0.4) is 0 Å². The number of nitrogens with zero attached hydrogens (tertiary/aromatic N) is 3. The highest BCUT2D eigenvalue weighted by Crippen LogP contribution is 2.20. The van der Waals surface area contributed by atoms with Crippen molar-refractivity contribution in [3.8, 4) is 0 Å². The third kappa shape index (κ3) is 8.13. The fraction of sp³-hybridized carbons (Fsp3) is 0.579. The van der Waals surface area contributed by atoms with Crippen molar-refractivity contribution in [1.82, 2.24) is 15.5 Å². The van der Waals surface area contributed by atoms with Gasteiger partial charge in [-0.25, -0.2) is 0 Å². The molecule has 1 saturated heterocycles. The van der Waals surface area contributed by atoms with Crippen molar-refractivity contribution in [2.24, 2.45) is 4.99 Å². The minimum Gasteiger partial charge on any atom is -0.368 e. The SMILES string of the molecule is CCCNC(=O)CCN=C(NCC)N1CCN(c2cccc(Cl)c2)CC1.I. The van der Waals surface area contributed by atoms with E-state index < -0.39 is 0 Å². The summed E-state index contributed by atoms with van der Waals surface area (Å²) in [4.78, 5) is 20.9. The lowest BCUT2D eigenvalue weighted by Gasteiger charge is -2.37. The molecular formula is C19H31ClIN5O. The van der Waals surface area contributed by atoms with Gasteiger partial charge < -0.3 is 20.4 Å². The Balaban J connectivity index is 0.00000364. The van der Waals surface area contributed by atoms with Crippen molar-refractivity contribution in [2.45, 2.75) is 26.7 Å². The molecule has 0 aromatic heterocycles. The molecule has 0 bridgehead atoms. The summed E-state index contributed by atoms with van der Waals surface area (Å²) in [6.45, 7) is 9.77. The van der Waals surface area contributed by atoms with Crippen LogP contribution < -0.4 is 15.5 Å². The molecule has 1 amide bonds. The van der Waals surface area contributed by atoms with E-state index in [2.05, 4.69) is 38.4 Å². The first-order valence-electron chi connectivity index (χ1n) is 9.44. The molecule has 1 heterocycles. The Hall–Kier alpha value is -1.22. The maximum absolute atomic E-state index is 11.7. The number of anilines is 1. The maximum Gasteiger partial charge on any atom is 0.221 e. The van der Waals surface area contributed by atoms with Gasteiger partial charge in [-0.1, -0.05) is 24.6 Å². The van der Waals surface area contributed by atoms with Gasteiger partial charge in [0.1, 0.15) is 0 Å². The van der Waals surface area contributed by atoms with Gasteiger partial charge in [-0.3, -0.25) is 9.79 Å². The zero-order chi connectivity index (χ0) is 18.8. The van der Waals surface area contributed by atoms with Crippen molar-refractivity contribution in [3.63, 3.8) is 0 Å². The molecule has 0 unspecified atom stereocenters. The van der Waals surface area contributed by atoms with E-state index in [1.54, 1.807) is 0 Å². The summed E-state index contributed by atoms with van der Waals surface area (Å²) in [6.07, 6.45) is 1.38. The molecule has 0 atom stereocenters. The Morgan fingerprint density at radius 3 is 2.56 bits per heavy atom. The quantitative estimate of drug-likeness (QED) is 0.338. The third-order valence-electron chi connectivity index (χ3n) is 4.26. The lowest BCUT2D eigenvalue weighted by Crippen LogP contribution is -2.52. The summed E-state index contributed by atoms with van der Waals surface area (Å²) in [5, 5.41) is 6.99. The van der Waals surface area contributed by atoms with Crippen LogP contribution in [0.1, 0.15) is 26.7 Å². The second-order valence-corrected chi connectivity index (χ2v) is 6.73. The van der Waals surface area contributed by atoms with E-state index in [1.165, 1.54) is 0 Å². The predicted molar refractivity (Wildman–Crippen MR) is 125 cm³/mol. The molecule has 1 aromatic carbocycles. The van der Waals surface area contributed by atoms with Gasteiger partial charge in [0.05, 0.1) is 6.54 Å². The van der Waals surface area contributed by atoms with Crippen molar-refractivity contribution in [2.75, 3.05) is 50.7 Å². The number of amides is 1. The van der Waals surface area contributed by atoms with Crippen molar-refractivity contribution in [1.29, 1.82) is 0 Å². The van der Waals surface area contributed by atoms with Gasteiger partial charge in [-0.15, -0.1) is 24.0 Å². The molecular weight excluding hydrogens is 477 g/mol. The van der Waals surface area contributed by atoms with Crippen LogP contribution in [0.5, 0.6) is 0 Å². The molecule has 27 heavy (non-hydrogen) atoms. The summed E-state index contributed by atoms with van der Waals surface area (Å²) < 4.78 is 0. The van der Waals surface area contributed by atoms with E-state index in [-0.39, 0.29) is 29.9 Å². The van der Waals surface area contributed by atoms with Crippen molar-refractivity contribution in [3.05, 3.63) is 29.3 Å². The largest absolute Gasteiger partial charge is 0.368 e. The first-order valence-corrected chi connectivity index (χ1v) is 9.82. The van der Waals surface area contributed by atoms with E-state index in [0.717, 1.165) is 62.4 Å². The van der Waals surface area contributed by atoms with Gasteiger partial charge in [0, 0.05) is 56.4 Å². The standard InChI is InChI=1S/C19H30ClN5O.HI/c1-3-9-22-18(26)8-10-23-19(21-4-2)25-13-11-24(12-14-25)17-7-5-6-16(20)15-17;/h5-7,15H,3-4,8-14H2,1-2H3,(H,21,23)(H,22,26);1H. The Labute approximate surface area is 184 Å². The molecule has 2 N–H and O–H groups in total. The fourth-order valence-corrected chi connectivity index (χ4v) is 3.08. The maximum atomic E-state index is 11.7. The molecule has 1 fully saturated rings. The molecule has 0 spiro atoms. The number of benzene rings is 1. The van der Waals surface area contributed by atoms with Crippen LogP contribution in [0.25, 0.3) is 0 Å². The molecule has 0 aliphatic carbocycles. The van der Waals surface area contributed by atoms with Gasteiger partial charge >= 0.3 is 0 Å². The Bertz CT molecular complexity index is 606. The first kappa shape index (κ1) is 23.8. The highest BCUT2D eigenvalue weighted by Gasteiger charge is 2.20. The second kappa shape index (κ2) is 13.0. The monoisotopic (exact) mass is 507 g/mol. The van der Waals surface area contributed by atoms with Crippen LogP contribution in [-0.2, 0) is 4.79 Å². The lowest BCUT2D eigenvalue weighted by atomic mass is 10.2. The van der Waals surface area contributed by atoms with E-state index >= 15 is 0 Å². The van der Waals surface area contributed by atoms with Gasteiger partial charge in [0.2, 0.25) is 5.91 Å². The Morgan fingerprint density at radius 1 is 1.19 bits per heavy atom. The minimum absolute atomic E-state index is 0. The number of hydrogen-bond acceptors (Lipinski definition) is 3. The summed E-state index contributed by atoms with van der Waals surface area (Å²) in [6, 6.07) is 7.98. The van der Waals surface area contributed by atoms with Crippen LogP contribution in [0.4, 0.5) is 5.69 Å². The molecule has 2 rings (SSSR count). The summed E-state index contributed by atoms with van der Waals surface area (Å²) >= 11 is 6.10. The molecule has 0 saturated carbocycles. The molecule has 1 aromatic rings. The van der Waals surface area contributed by atoms with Crippen LogP contribution in [-0.4, -0.2) is 62.6 Å². The van der Waals surface area contributed by atoms with Crippen LogP contribution in [0, 0.1) is 0 Å². The van der Waals surface area contributed by atoms with E-state index in [1.807, 2.05) is 25.1 Å². The van der Waals surface area contributed by atoms with Gasteiger partial charge in [0.15, 0.2) is 5.96 Å². The smallest absolute Gasteiger partial charge is 0.221 e. The number of halogens is 2. The van der Waals surface area contributed by atoms with E-state index in [0.29, 0.717) is 13.0 Å². The lowest BCUT2D eigenvalue weighted by molar-refractivity contribution is -0.120. The van der Waals surface area contributed by atoms with Gasteiger partial charge in [0.25, 0.3) is 0 Å². The predicted octanol–water partition coefficient (Wildman–Crippen LogP) is 2.96. The zero-order valence-corrected chi connectivity index (χ0v) is 19.3. The summed E-state index contributed by atoms with van der Waals surface area (Å²) in [7, 11) is 0. The molecule has 8 heteroatoms. The topological polar surface area (TPSA) is 60.0 Å². The molecule has 1 aliphatic rings. The first-order chi connectivity index (χ1) is 12.6. The number of guanidine groups is 1. The van der Waals surface area contributed by atoms with Crippen LogP contribution in [0.15, 0.2) is 29.3 Å². The molecule has 6 nitrogen and oxygen atoms in total. The van der Waals surface area contributed by atoms with Crippen molar-refractivity contribution < 1.29 is 4.79 Å². The molecule has 0 radical (unpaired) electrons. The number of rotatable bonds is 7. The van der Waals surface area contributed by atoms with Crippen molar-refractivity contribution >= 4 is 53.1 Å². The highest BCUT2D eigenvalue weighted by atomic mass is 127. The average molecular weight is 508 g/mol. The van der Waals surface area contributed by atoms with Crippen LogP contribution in [0.2, 0.25) is 5.02 Å². The molecule has 152 valence electrons.